The molecule has 0 aromatic carbocycles. The molecule has 2 aromatic rings. The van der Waals surface area contributed by atoms with Crippen molar-refractivity contribution in [3.8, 4) is 0 Å². The third-order valence-corrected chi connectivity index (χ3v) is 3.05. The Kier molecular flexibility index (Phi) is 4.52. The standard InChI is InChI=1S/C13H18N4O3/c1-3-4-9(20-2)7-14-11-5-6-17-12(16-11)10(8-15-17)13(18)19/h5-6,8-9H,3-4,7H2,1-2H3,(H,14,16)(H,18,19)/t9-/m1/s1. The number of ether oxygens (including phenoxy) is 1. The van der Waals surface area contributed by atoms with Crippen LogP contribution in [-0.2, 0) is 4.74 Å². The first-order valence-electron chi connectivity index (χ1n) is 6.50. The number of carboxylic acids is 1. The minimum absolute atomic E-state index is 0.0884. The van der Waals surface area contributed by atoms with Crippen LogP contribution in [0, 0.1) is 0 Å². The first-order chi connectivity index (χ1) is 9.65. The fourth-order valence-electron chi connectivity index (χ4n) is 1.96. The molecule has 0 saturated carbocycles. The van der Waals surface area contributed by atoms with Gasteiger partial charge < -0.3 is 15.2 Å². The minimum atomic E-state index is -1.04. The lowest BCUT2D eigenvalue weighted by Gasteiger charge is -2.15. The summed E-state index contributed by atoms with van der Waals surface area (Å²) in [7, 11) is 1.68. The van der Waals surface area contributed by atoms with Crippen LogP contribution < -0.4 is 5.32 Å². The largest absolute Gasteiger partial charge is 0.477 e. The predicted octanol–water partition coefficient (Wildman–Crippen LogP) is 1.65. The Labute approximate surface area is 116 Å². The molecule has 0 fully saturated rings. The second-order valence-electron chi connectivity index (χ2n) is 4.47. The van der Waals surface area contributed by atoms with Gasteiger partial charge in [0, 0.05) is 19.9 Å². The molecule has 0 bridgehead atoms. The molecule has 2 N–H and O–H groups in total. The molecule has 0 aliphatic heterocycles. The lowest BCUT2D eigenvalue weighted by molar-refractivity contribution is 0.0698. The number of hydrogen-bond donors (Lipinski definition) is 2. The lowest BCUT2D eigenvalue weighted by Crippen LogP contribution is -2.22. The highest BCUT2D eigenvalue weighted by molar-refractivity contribution is 5.94. The van der Waals surface area contributed by atoms with Crippen LogP contribution in [0.2, 0.25) is 0 Å². The molecule has 0 radical (unpaired) electrons. The summed E-state index contributed by atoms with van der Waals surface area (Å²) in [6, 6.07) is 1.75. The summed E-state index contributed by atoms with van der Waals surface area (Å²) in [5.41, 5.74) is 0.414. The van der Waals surface area contributed by atoms with Crippen molar-refractivity contribution in [2.75, 3.05) is 19.0 Å². The second-order valence-corrected chi connectivity index (χ2v) is 4.47. The molecular formula is C13H18N4O3. The number of hydrogen-bond acceptors (Lipinski definition) is 5. The Balaban J connectivity index is 2.14. The Morgan fingerprint density at radius 3 is 3.05 bits per heavy atom. The van der Waals surface area contributed by atoms with E-state index >= 15 is 0 Å². The van der Waals surface area contributed by atoms with E-state index in [1.807, 2.05) is 0 Å². The summed E-state index contributed by atoms with van der Waals surface area (Å²) in [5, 5.41) is 16.2. The van der Waals surface area contributed by atoms with E-state index in [2.05, 4.69) is 22.3 Å². The molecule has 2 aromatic heterocycles. The number of nitrogens with one attached hydrogen (secondary N) is 1. The van der Waals surface area contributed by atoms with Crippen LogP contribution in [-0.4, -0.2) is 45.4 Å². The maximum atomic E-state index is 11.1. The highest BCUT2D eigenvalue weighted by atomic mass is 16.5. The van der Waals surface area contributed by atoms with E-state index in [0.717, 1.165) is 12.8 Å². The number of carbonyl (C=O) groups is 1. The summed E-state index contributed by atoms with van der Waals surface area (Å²) in [6.07, 6.45) is 5.08. The van der Waals surface area contributed by atoms with Crippen molar-refractivity contribution in [2.45, 2.75) is 25.9 Å². The minimum Gasteiger partial charge on any atom is -0.477 e. The van der Waals surface area contributed by atoms with Crippen molar-refractivity contribution in [2.24, 2.45) is 0 Å². The van der Waals surface area contributed by atoms with Crippen molar-refractivity contribution in [3.05, 3.63) is 24.0 Å². The molecule has 0 aliphatic rings. The maximum absolute atomic E-state index is 11.1. The van der Waals surface area contributed by atoms with Crippen molar-refractivity contribution < 1.29 is 14.6 Å². The van der Waals surface area contributed by atoms with E-state index in [1.54, 1.807) is 19.4 Å². The van der Waals surface area contributed by atoms with Gasteiger partial charge in [0.05, 0.1) is 12.3 Å². The van der Waals surface area contributed by atoms with Crippen LogP contribution in [0.3, 0.4) is 0 Å². The Morgan fingerprint density at radius 1 is 1.60 bits per heavy atom. The van der Waals surface area contributed by atoms with Gasteiger partial charge in [0.2, 0.25) is 0 Å². The molecule has 1 atom stereocenters. The normalized spacial score (nSPS) is 12.5. The van der Waals surface area contributed by atoms with Gasteiger partial charge in [-0.3, -0.25) is 0 Å². The van der Waals surface area contributed by atoms with E-state index in [-0.39, 0.29) is 11.7 Å². The second kappa shape index (κ2) is 6.33. The molecule has 7 nitrogen and oxygen atoms in total. The molecule has 20 heavy (non-hydrogen) atoms. The average Bonchev–Trinajstić information content (AvgIpc) is 2.86. The van der Waals surface area contributed by atoms with Gasteiger partial charge in [0.1, 0.15) is 11.4 Å². The van der Waals surface area contributed by atoms with Crippen LogP contribution >= 0.6 is 0 Å². The Bertz CT molecular complexity index is 596. The molecule has 2 rings (SSSR count). The number of aromatic carboxylic acids is 1. The van der Waals surface area contributed by atoms with Gasteiger partial charge in [0.25, 0.3) is 0 Å². The first-order valence-corrected chi connectivity index (χ1v) is 6.50. The van der Waals surface area contributed by atoms with E-state index in [9.17, 15) is 4.79 Å². The van der Waals surface area contributed by atoms with Crippen LogP contribution in [0.5, 0.6) is 0 Å². The third-order valence-electron chi connectivity index (χ3n) is 3.05. The first kappa shape index (κ1) is 14.3. The highest BCUT2D eigenvalue weighted by Crippen LogP contribution is 2.12. The van der Waals surface area contributed by atoms with E-state index in [1.165, 1.54) is 10.7 Å². The molecule has 0 unspecified atom stereocenters. The van der Waals surface area contributed by atoms with Gasteiger partial charge >= 0.3 is 5.97 Å². The maximum Gasteiger partial charge on any atom is 0.341 e. The quantitative estimate of drug-likeness (QED) is 0.800. The summed E-state index contributed by atoms with van der Waals surface area (Å²) >= 11 is 0. The van der Waals surface area contributed by atoms with E-state index in [4.69, 9.17) is 9.84 Å². The highest BCUT2D eigenvalue weighted by Gasteiger charge is 2.13. The lowest BCUT2D eigenvalue weighted by atomic mass is 10.2. The number of nitrogens with zero attached hydrogens (tertiary/aromatic N) is 3. The Hall–Kier alpha value is -2.15. The molecule has 0 spiro atoms. The zero-order valence-electron chi connectivity index (χ0n) is 11.5. The molecule has 7 heteroatoms. The Morgan fingerprint density at radius 2 is 2.40 bits per heavy atom. The number of methoxy groups -OCH3 is 1. The van der Waals surface area contributed by atoms with Crippen molar-refractivity contribution in [1.29, 1.82) is 0 Å². The van der Waals surface area contributed by atoms with Gasteiger partial charge in [-0.2, -0.15) is 5.10 Å². The van der Waals surface area contributed by atoms with Crippen molar-refractivity contribution >= 4 is 17.4 Å². The van der Waals surface area contributed by atoms with Crippen molar-refractivity contribution in [1.82, 2.24) is 14.6 Å². The molecule has 0 saturated heterocycles. The number of rotatable bonds is 7. The SMILES string of the molecule is CCC[C@H](CNc1ccn2ncc(C(=O)O)c2n1)OC. The number of fused-ring (bicyclic) bond motifs is 1. The van der Waals surface area contributed by atoms with Gasteiger partial charge in [-0.25, -0.2) is 14.3 Å². The fraction of sp³-hybridized carbons (Fsp3) is 0.462. The smallest absolute Gasteiger partial charge is 0.341 e. The van der Waals surface area contributed by atoms with Crippen LogP contribution in [0.1, 0.15) is 30.1 Å². The summed E-state index contributed by atoms with van der Waals surface area (Å²) in [6.45, 7) is 2.73. The zero-order chi connectivity index (χ0) is 14.5. The summed E-state index contributed by atoms with van der Waals surface area (Å²) in [4.78, 5) is 15.3. The molecule has 0 aliphatic carbocycles. The van der Waals surface area contributed by atoms with Gasteiger partial charge in [-0.05, 0) is 12.5 Å². The van der Waals surface area contributed by atoms with Gasteiger partial charge in [0.15, 0.2) is 5.65 Å². The molecule has 108 valence electrons. The molecular weight excluding hydrogens is 260 g/mol. The van der Waals surface area contributed by atoms with E-state index in [0.29, 0.717) is 18.0 Å². The van der Waals surface area contributed by atoms with E-state index < -0.39 is 5.97 Å². The number of carboxylic acid groups (broad SMARTS) is 1. The molecule has 0 amide bonds. The zero-order valence-corrected chi connectivity index (χ0v) is 11.5. The van der Waals surface area contributed by atoms with Crippen molar-refractivity contribution in [3.63, 3.8) is 0 Å². The van der Waals surface area contributed by atoms with Crippen LogP contribution in [0.15, 0.2) is 18.5 Å². The fourth-order valence-corrected chi connectivity index (χ4v) is 1.96. The monoisotopic (exact) mass is 278 g/mol. The number of aromatic nitrogens is 3. The molecule has 2 heterocycles. The van der Waals surface area contributed by atoms with Gasteiger partial charge in [-0.15, -0.1) is 0 Å². The predicted molar refractivity (Wildman–Crippen MR) is 74.1 cm³/mol. The van der Waals surface area contributed by atoms with Crippen LogP contribution in [0.25, 0.3) is 5.65 Å². The summed E-state index contributed by atoms with van der Waals surface area (Å²) in [5.74, 6) is -0.427. The average molecular weight is 278 g/mol. The summed E-state index contributed by atoms with van der Waals surface area (Å²) < 4.78 is 6.78. The topological polar surface area (TPSA) is 88.8 Å². The number of anilines is 1. The van der Waals surface area contributed by atoms with Crippen LogP contribution in [0.4, 0.5) is 5.82 Å². The third kappa shape index (κ3) is 3.05. The van der Waals surface area contributed by atoms with Gasteiger partial charge in [-0.1, -0.05) is 13.3 Å².